The second-order valence-electron chi connectivity index (χ2n) is 5.51. The van der Waals surface area contributed by atoms with E-state index in [1.54, 1.807) is 6.92 Å². The Morgan fingerprint density at radius 3 is 2.35 bits per heavy atom. The minimum atomic E-state index is -3.09. The number of ether oxygens (including phenoxy) is 1. The summed E-state index contributed by atoms with van der Waals surface area (Å²) in [4.78, 5) is 0. The van der Waals surface area contributed by atoms with Gasteiger partial charge in [-0.05, 0) is 20.3 Å². The zero-order chi connectivity index (χ0) is 13.1. The average molecular weight is 266 g/mol. The van der Waals surface area contributed by atoms with Gasteiger partial charge in [-0.2, -0.15) is 0 Å². The molecule has 0 amide bonds. The number of aliphatic hydroxyl groups excluding tert-OH is 1. The van der Waals surface area contributed by atoms with Crippen molar-refractivity contribution < 1.29 is 23.5 Å². The Kier molecular flexibility index (Phi) is 5.17. The van der Waals surface area contributed by atoms with E-state index >= 15 is 0 Å². The Labute approximate surface area is 103 Å². The van der Waals surface area contributed by atoms with Crippen molar-refractivity contribution >= 4 is 7.60 Å². The summed E-state index contributed by atoms with van der Waals surface area (Å²) in [6.45, 7) is 8.34. The van der Waals surface area contributed by atoms with Crippen LogP contribution in [0.4, 0.5) is 0 Å². The Balaban J connectivity index is 2.34. The molecular formula is C11H23O5P. The van der Waals surface area contributed by atoms with Gasteiger partial charge < -0.3 is 18.9 Å². The maximum Gasteiger partial charge on any atom is 0.356 e. The second-order valence-corrected chi connectivity index (χ2v) is 7.51. The van der Waals surface area contributed by atoms with E-state index in [1.165, 1.54) is 0 Å². The lowest BCUT2D eigenvalue weighted by Gasteiger charge is -2.34. The molecule has 0 aromatic carbocycles. The molecule has 1 aliphatic heterocycles. The molecule has 2 unspecified atom stereocenters. The van der Waals surface area contributed by atoms with Gasteiger partial charge >= 0.3 is 7.60 Å². The number of hydrogen-bond acceptors (Lipinski definition) is 5. The molecule has 0 spiro atoms. The second kappa shape index (κ2) is 5.81. The van der Waals surface area contributed by atoms with Crippen LogP contribution in [0.2, 0.25) is 0 Å². The SMILES string of the molecule is CC(O)CC(C)OCP1(=O)OCC(C)(C)CO1. The smallest absolute Gasteiger partial charge is 0.356 e. The monoisotopic (exact) mass is 266 g/mol. The lowest BCUT2D eigenvalue weighted by atomic mass is 9.97. The molecule has 2 atom stereocenters. The molecule has 0 saturated carbocycles. The van der Waals surface area contributed by atoms with Crippen LogP contribution >= 0.6 is 7.60 Å². The predicted octanol–water partition coefficient (Wildman–Crippen LogP) is 2.39. The quantitative estimate of drug-likeness (QED) is 0.774. The first-order chi connectivity index (χ1) is 7.72. The fourth-order valence-corrected chi connectivity index (χ4v) is 3.22. The third kappa shape index (κ3) is 5.49. The first-order valence-electron chi connectivity index (χ1n) is 5.90. The van der Waals surface area contributed by atoms with Crippen molar-refractivity contribution in [2.45, 2.75) is 46.3 Å². The number of hydrogen-bond donors (Lipinski definition) is 1. The normalized spacial score (nSPS) is 26.4. The van der Waals surface area contributed by atoms with Crippen molar-refractivity contribution in [2.24, 2.45) is 5.41 Å². The molecule has 1 fully saturated rings. The summed E-state index contributed by atoms with van der Waals surface area (Å²) in [6.07, 6.45) is -0.136. The lowest BCUT2D eigenvalue weighted by molar-refractivity contribution is 0.00669. The van der Waals surface area contributed by atoms with Crippen molar-refractivity contribution in [1.29, 1.82) is 0 Å². The highest BCUT2D eigenvalue weighted by atomic mass is 31.2. The van der Waals surface area contributed by atoms with Gasteiger partial charge in [0.25, 0.3) is 0 Å². The third-order valence-electron chi connectivity index (χ3n) is 2.49. The molecule has 1 aliphatic rings. The fraction of sp³-hybridized carbons (Fsp3) is 1.00. The molecule has 1 saturated heterocycles. The van der Waals surface area contributed by atoms with Crippen molar-refractivity contribution in [3.8, 4) is 0 Å². The van der Waals surface area contributed by atoms with Gasteiger partial charge in [-0.1, -0.05) is 13.8 Å². The van der Waals surface area contributed by atoms with Crippen molar-refractivity contribution in [3.63, 3.8) is 0 Å². The van der Waals surface area contributed by atoms with Gasteiger partial charge in [0.15, 0.2) is 0 Å². The molecule has 0 radical (unpaired) electrons. The van der Waals surface area contributed by atoms with Gasteiger partial charge in [-0.25, -0.2) is 0 Å². The number of aliphatic hydroxyl groups is 1. The molecule has 17 heavy (non-hydrogen) atoms. The largest absolute Gasteiger partial charge is 0.393 e. The molecule has 0 aromatic rings. The van der Waals surface area contributed by atoms with Gasteiger partial charge in [0.1, 0.15) is 6.35 Å². The van der Waals surface area contributed by atoms with Gasteiger partial charge in [0.2, 0.25) is 0 Å². The average Bonchev–Trinajstić information content (AvgIpc) is 2.20. The predicted molar refractivity (Wildman–Crippen MR) is 65.0 cm³/mol. The van der Waals surface area contributed by atoms with Gasteiger partial charge in [0.05, 0.1) is 25.4 Å². The molecule has 0 aliphatic carbocycles. The van der Waals surface area contributed by atoms with Crippen LogP contribution in [0.5, 0.6) is 0 Å². The zero-order valence-corrected chi connectivity index (χ0v) is 11.9. The molecule has 6 heteroatoms. The van der Waals surface area contributed by atoms with Crippen LogP contribution in [0.3, 0.4) is 0 Å². The Hall–Kier alpha value is 0.0700. The standard InChI is InChI=1S/C11H23O5P/c1-9(12)5-10(2)14-8-17(13)15-6-11(3,4)7-16-17/h9-10,12H,5-8H2,1-4H3. The van der Waals surface area contributed by atoms with Gasteiger partial charge in [-0.15, -0.1) is 0 Å². The van der Waals surface area contributed by atoms with E-state index in [0.717, 1.165) is 0 Å². The first-order valence-corrected chi connectivity index (χ1v) is 7.63. The van der Waals surface area contributed by atoms with Crippen molar-refractivity contribution in [3.05, 3.63) is 0 Å². The van der Waals surface area contributed by atoms with Crippen LogP contribution in [-0.4, -0.2) is 36.9 Å². The minimum Gasteiger partial charge on any atom is -0.393 e. The van der Waals surface area contributed by atoms with Crippen LogP contribution in [0, 0.1) is 5.41 Å². The van der Waals surface area contributed by atoms with E-state index in [-0.39, 0.29) is 17.9 Å². The van der Waals surface area contributed by atoms with Gasteiger partial charge in [-0.3, -0.25) is 4.57 Å². The van der Waals surface area contributed by atoms with E-state index < -0.39 is 13.7 Å². The maximum atomic E-state index is 12.1. The molecule has 0 aromatic heterocycles. The third-order valence-corrected chi connectivity index (χ3v) is 4.00. The van der Waals surface area contributed by atoms with E-state index in [2.05, 4.69) is 0 Å². The topological polar surface area (TPSA) is 65.0 Å². The molecule has 0 bridgehead atoms. The summed E-state index contributed by atoms with van der Waals surface area (Å²) < 4.78 is 28.0. The van der Waals surface area contributed by atoms with Crippen LogP contribution in [0.15, 0.2) is 0 Å². The summed E-state index contributed by atoms with van der Waals surface area (Å²) >= 11 is 0. The maximum absolute atomic E-state index is 12.1. The Bertz CT molecular complexity index is 276. The number of rotatable bonds is 5. The summed E-state index contributed by atoms with van der Waals surface area (Å²) in [5.74, 6) is 0. The Morgan fingerprint density at radius 1 is 1.35 bits per heavy atom. The lowest BCUT2D eigenvalue weighted by Crippen LogP contribution is -2.30. The molecule has 5 nitrogen and oxygen atoms in total. The summed E-state index contributed by atoms with van der Waals surface area (Å²) in [5, 5.41) is 9.18. The van der Waals surface area contributed by atoms with Gasteiger partial charge in [0, 0.05) is 5.41 Å². The van der Waals surface area contributed by atoms with Crippen LogP contribution in [0.25, 0.3) is 0 Å². The summed E-state index contributed by atoms with van der Waals surface area (Å²) in [7, 11) is -3.09. The van der Waals surface area contributed by atoms with Crippen LogP contribution in [-0.2, 0) is 18.3 Å². The van der Waals surface area contributed by atoms with Crippen LogP contribution < -0.4 is 0 Å². The molecule has 1 rings (SSSR count). The summed E-state index contributed by atoms with van der Waals surface area (Å²) in [6, 6.07) is 0. The first kappa shape index (κ1) is 15.1. The Morgan fingerprint density at radius 2 is 1.88 bits per heavy atom. The van der Waals surface area contributed by atoms with E-state index in [4.69, 9.17) is 13.8 Å². The highest BCUT2D eigenvalue weighted by Crippen LogP contribution is 2.53. The zero-order valence-electron chi connectivity index (χ0n) is 11.0. The molecule has 102 valence electrons. The van der Waals surface area contributed by atoms with Crippen LogP contribution in [0.1, 0.15) is 34.1 Å². The van der Waals surface area contributed by atoms with E-state index in [9.17, 15) is 9.67 Å². The van der Waals surface area contributed by atoms with Crippen molar-refractivity contribution in [2.75, 3.05) is 19.6 Å². The minimum absolute atomic E-state index is 0.0447. The highest BCUT2D eigenvalue weighted by molar-refractivity contribution is 7.53. The molecular weight excluding hydrogens is 243 g/mol. The highest BCUT2D eigenvalue weighted by Gasteiger charge is 2.37. The molecule has 1 heterocycles. The summed E-state index contributed by atoms with van der Waals surface area (Å²) in [5.41, 5.74) is -0.0981. The van der Waals surface area contributed by atoms with E-state index in [1.807, 2.05) is 20.8 Å². The molecule has 1 N–H and O–H groups in total. The van der Waals surface area contributed by atoms with E-state index in [0.29, 0.717) is 19.6 Å². The van der Waals surface area contributed by atoms with Crippen molar-refractivity contribution in [1.82, 2.24) is 0 Å². The fourth-order valence-electron chi connectivity index (χ4n) is 1.47.